The van der Waals surface area contributed by atoms with E-state index in [-0.39, 0.29) is 24.2 Å². The Balaban J connectivity index is 1.67. The Hall–Kier alpha value is -1.40. The molecular formula is C14H18BrN3O2. The average Bonchev–Trinajstić information content (AvgIpc) is 2.95. The Morgan fingerprint density at radius 2 is 2.05 bits per heavy atom. The molecule has 1 aromatic rings. The number of amides is 2. The summed E-state index contributed by atoms with van der Waals surface area (Å²) in [4.78, 5) is 23.4. The van der Waals surface area contributed by atoms with Crippen molar-refractivity contribution in [1.82, 2.24) is 10.6 Å². The van der Waals surface area contributed by atoms with Gasteiger partial charge in [-0.1, -0.05) is 15.9 Å². The third-order valence-electron chi connectivity index (χ3n) is 3.21. The number of benzene rings is 1. The molecule has 5 nitrogen and oxygen atoms in total. The maximum absolute atomic E-state index is 11.7. The molecule has 0 bridgehead atoms. The molecule has 2 rings (SSSR count). The van der Waals surface area contributed by atoms with Gasteiger partial charge < -0.3 is 16.0 Å². The van der Waals surface area contributed by atoms with Crippen molar-refractivity contribution in [3.63, 3.8) is 0 Å². The summed E-state index contributed by atoms with van der Waals surface area (Å²) in [6.45, 7) is 2.00. The Morgan fingerprint density at radius 3 is 2.70 bits per heavy atom. The van der Waals surface area contributed by atoms with E-state index in [1.54, 1.807) is 0 Å². The zero-order valence-corrected chi connectivity index (χ0v) is 12.7. The quantitative estimate of drug-likeness (QED) is 0.761. The predicted molar refractivity (Wildman–Crippen MR) is 81.4 cm³/mol. The molecule has 1 saturated heterocycles. The minimum Gasteiger partial charge on any atom is -0.355 e. The first-order valence-electron chi connectivity index (χ1n) is 6.69. The van der Waals surface area contributed by atoms with Gasteiger partial charge in [0.05, 0.1) is 5.92 Å². The minimum absolute atomic E-state index is 0.0337. The lowest BCUT2D eigenvalue weighted by atomic mass is 10.1. The van der Waals surface area contributed by atoms with Gasteiger partial charge in [-0.2, -0.15) is 0 Å². The Kier molecular flexibility index (Phi) is 5.55. The summed E-state index contributed by atoms with van der Waals surface area (Å²) in [6.07, 6.45) is 1.15. The van der Waals surface area contributed by atoms with Crippen LogP contribution in [-0.2, 0) is 9.59 Å². The second-order valence-electron chi connectivity index (χ2n) is 4.79. The zero-order chi connectivity index (χ0) is 14.4. The van der Waals surface area contributed by atoms with E-state index >= 15 is 0 Å². The molecule has 1 fully saturated rings. The van der Waals surface area contributed by atoms with Crippen LogP contribution in [0.2, 0.25) is 0 Å². The van der Waals surface area contributed by atoms with Crippen molar-refractivity contribution < 1.29 is 9.59 Å². The third-order valence-corrected chi connectivity index (χ3v) is 3.74. The molecule has 0 aliphatic carbocycles. The van der Waals surface area contributed by atoms with E-state index in [4.69, 9.17) is 0 Å². The molecule has 1 heterocycles. The van der Waals surface area contributed by atoms with Crippen molar-refractivity contribution in [2.75, 3.05) is 25.0 Å². The lowest BCUT2D eigenvalue weighted by molar-refractivity contribution is -0.124. The second kappa shape index (κ2) is 7.40. The van der Waals surface area contributed by atoms with E-state index in [1.807, 2.05) is 24.3 Å². The van der Waals surface area contributed by atoms with Gasteiger partial charge in [0.15, 0.2) is 0 Å². The van der Waals surface area contributed by atoms with Gasteiger partial charge in [-0.15, -0.1) is 0 Å². The van der Waals surface area contributed by atoms with Crippen molar-refractivity contribution in [3.8, 4) is 0 Å². The van der Waals surface area contributed by atoms with Gasteiger partial charge in [0.2, 0.25) is 11.8 Å². The molecule has 0 saturated carbocycles. The second-order valence-corrected chi connectivity index (χ2v) is 5.70. The molecule has 3 N–H and O–H groups in total. The van der Waals surface area contributed by atoms with Crippen molar-refractivity contribution in [2.24, 2.45) is 5.92 Å². The summed E-state index contributed by atoms with van der Waals surface area (Å²) < 4.78 is 0.966. The van der Waals surface area contributed by atoms with Crippen molar-refractivity contribution in [1.29, 1.82) is 0 Å². The van der Waals surface area contributed by atoms with Crippen LogP contribution in [0.25, 0.3) is 0 Å². The van der Waals surface area contributed by atoms with Crippen molar-refractivity contribution >= 4 is 33.4 Å². The van der Waals surface area contributed by atoms with Crippen LogP contribution in [0.15, 0.2) is 28.7 Å². The molecule has 1 aliphatic rings. The highest BCUT2D eigenvalue weighted by molar-refractivity contribution is 9.10. The molecule has 1 aliphatic heterocycles. The van der Waals surface area contributed by atoms with Crippen molar-refractivity contribution in [2.45, 2.75) is 12.8 Å². The number of nitrogens with one attached hydrogen (secondary N) is 3. The highest BCUT2D eigenvalue weighted by Crippen LogP contribution is 2.14. The predicted octanol–water partition coefficient (Wildman–Crippen LogP) is 1.50. The van der Waals surface area contributed by atoms with Gasteiger partial charge in [-0.3, -0.25) is 9.59 Å². The van der Waals surface area contributed by atoms with Crippen LogP contribution >= 0.6 is 15.9 Å². The Morgan fingerprint density at radius 1 is 1.30 bits per heavy atom. The van der Waals surface area contributed by atoms with Gasteiger partial charge in [-0.05, 0) is 37.2 Å². The molecule has 20 heavy (non-hydrogen) atoms. The first-order chi connectivity index (χ1) is 9.65. The monoisotopic (exact) mass is 339 g/mol. The average molecular weight is 340 g/mol. The number of carbonyl (C=O) groups is 2. The van der Waals surface area contributed by atoms with Gasteiger partial charge >= 0.3 is 0 Å². The Labute approximate surface area is 126 Å². The van der Waals surface area contributed by atoms with Crippen LogP contribution in [0.4, 0.5) is 5.69 Å². The summed E-state index contributed by atoms with van der Waals surface area (Å²) in [5, 5.41) is 8.74. The normalized spacial score (nSPS) is 17.8. The summed E-state index contributed by atoms with van der Waals surface area (Å²) in [5.41, 5.74) is 0.754. The summed E-state index contributed by atoms with van der Waals surface area (Å²) in [6, 6.07) is 7.38. The molecule has 0 radical (unpaired) electrons. The highest BCUT2D eigenvalue weighted by Gasteiger charge is 2.21. The maximum Gasteiger partial charge on any atom is 0.226 e. The first-order valence-corrected chi connectivity index (χ1v) is 7.48. The summed E-state index contributed by atoms with van der Waals surface area (Å²) >= 11 is 3.34. The summed E-state index contributed by atoms with van der Waals surface area (Å²) in [7, 11) is 0. The number of rotatable bonds is 5. The van der Waals surface area contributed by atoms with Crippen LogP contribution in [-0.4, -0.2) is 31.4 Å². The number of anilines is 1. The number of halogens is 1. The van der Waals surface area contributed by atoms with E-state index in [9.17, 15) is 9.59 Å². The fraction of sp³-hybridized carbons (Fsp3) is 0.429. The van der Waals surface area contributed by atoms with E-state index in [1.165, 1.54) is 0 Å². The number of hydrogen-bond donors (Lipinski definition) is 3. The van der Waals surface area contributed by atoms with Crippen LogP contribution in [0.3, 0.4) is 0 Å². The van der Waals surface area contributed by atoms with Crippen LogP contribution < -0.4 is 16.0 Å². The van der Waals surface area contributed by atoms with Gasteiger partial charge in [-0.25, -0.2) is 0 Å². The van der Waals surface area contributed by atoms with Gasteiger partial charge in [0, 0.05) is 29.7 Å². The number of hydrogen-bond acceptors (Lipinski definition) is 3. The summed E-state index contributed by atoms with van der Waals surface area (Å²) in [5.74, 6) is -0.0202. The van der Waals surface area contributed by atoms with E-state index in [0.29, 0.717) is 6.54 Å². The van der Waals surface area contributed by atoms with Gasteiger partial charge in [0.25, 0.3) is 0 Å². The standard InChI is InChI=1S/C14H18BrN3O2/c15-11-1-3-12(4-2-11)18-13(19)6-8-17-14(20)10-5-7-16-9-10/h1-4,10,16H,5-9H2,(H,17,20)(H,18,19). The van der Waals surface area contributed by atoms with E-state index < -0.39 is 0 Å². The lowest BCUT2D eigenvalue weighted by Gasteiger charge is -2.10. The van der Waals surface area contributed by atoms with Crippen LogP contribution in [0, 0.1) is 5.92 Å². The molecule has 1 aromatic carbocycles. The fourth-order valence-electron chi connectivity index (χ4n) is 2.08. The Bertz CT molecular complexity index is 470. The molecule has 1 unspecified atom stereocenters. The third kappa shape index (κ3) is 4.61. The zero-order valence-electron chi connectivity index (χ0n) is 11.1. The topological polar surface area (TPSA) is 70.2 Å². The fourth-order valence-corrected chi connectivity index (χ4v) is 2.34. The maximum atomic E-state index is 11.7. The smallest absolute Gasteiger partial charge is 0.226 e. The van der Waals surface area contributed by atoms with Crippen LogP contribution in [0.1, 0.15) is 12.8 Å². The number of carbonyl (C=O) groups excluding carboxylic acids is 2. The molecule has 1 atom stereocenters. The van der Waals surface area contributed by atoms with Gasteiger partial charge in [0.1, 0.15) is 0 Å². The first kappa shape index (κ1) is 15.0. The molecule has 108 valence electrons. The molecule has 6 heteroatoms. The SMILES string of the molecule is O=C(CCNC(=O)C1CCNC1)Nc1ccc(Br)cc1. The van der Waals surface area contributed by atoms with E-state index in [0.717, 1.165) is 29.7 Å². The van der Waals surface area contributed by atoms with Crippen molar-refractivity contribution in [3.05, 3.63) is 28.7 Å². The van der Waals surface area contributed by atoms with Crippen LogP contribution in [0.5, 0.6) is 0 Å². The molecular weight excluding hydrogens is 322 g/mol. The molecule has 0 aromatic heterocycles. The minimum atomic E-state index is -0.0998. The highest BCUT2D eigenvalue weighted by atomic mass is 79.9. The molecule has 0 spiro atoms. The lowest BCUT2D eigenvalue weighted by Crippen LogP contribution is -2.34. The molecule has 2 amide bonds. The largest absolute Gasteiger partial charge is 0.355 e. The van der Waals surface area contributed by atoms with E-state index in [2.05, 4.69) is 31.9 Å².